The SMILES string of the molecule is CNC1CCN(C(=O)c2cn(-c3ccc(F)cc3)nc2-c2ccc(C)cc2)CC1.Cl. The fourth-order valence-corrected chi connectivity index (χ4v) is 3.72. The summed E-state index contributed by atoms with van der Waals surface area (Å²) in [5.74, 6) is -0.313. The molecule has 0 spiro atoms. The van der Waals surface area contributed by atoms with Crippen LogP contribution >= 0.6 is 12.4 Å². The van der Waals surface area contributed by atoms with Crippen molar-refractivity contribution in [3.8, 4) is 16.9 Å². The zero-order valence-electron chi connectivity index (χ0n) is 17.1. The Kier molecular flexibility index (Phi) is 6.90. The van der Waals surface area contributed by atoms with Gasteiger partial charge >= 0.3 is 0 Å². The van der Waals surface area contributed by atoms with E-state index in [1.54, 1.807) is 23.0 Å². The van der Waals surface area contributed by atoms with Crippen LogP contribution in [0.4, 0.5) is 4.39 Å². The van der Waals surface area contributed by atoms with Gasteiger partial charge in [-0.1, -0.05) is 29.8 Å². The molecule has 0 bridgehead atoms. The topological polar surface area (TPSA) is 50.2 Å². The highest BCUT2D eigenvalue weighted by molar-refractivity contribution is 6.00. The van der Waals surface area contributed by atoms with Crippen LogP contribution < -0.4 is 5.32 Å². The van der Waals surface area contributed by atoms with Crippen molar-refractivity contribution < 1.29 is 9.18 Å². The molecule has 2 aromatic carbocycles. The molecule has 7 heteroatoms. The van der Waals surface area contributed by atoms with E-state index in [0.717, 1.165) is 37.1 Å². The zero-order valence-corrected chi connectivity index (χ0v) is 18.0. The second-order valence-electron chi connectivity index (χ2n) is 7.53. The first-order valence-electron chi connectivity index (χ1n) is 9.94. The van der Waals surface area contributed by atoms with Gasteiger partial charge in [-0.25, -0.2) is 9.07 Å². The van der Waals surface area contributed by atoms with Crippen LogP contribution in [0.1, 0.15) is 28.8 Å². The number of carbonyl (C=O) groups excluding carboxylic acids is 1. The predicted octanol–water partition coefficient (Wildman–Crippen LogP) is 4.23. The molecule has 5 nitrogen and oxygen atoms in total. The minimum Gasteiger partial charge on any atom is -0.338 e. The summed E-state index contributed by atoms with van der Waals surface area (Å²) in [5, 5.41) is 7.98. The molecule has 30 heavy (non-hydrogen) atoms. The highest BCUT2D eigenvalue weighted by Crippen LogP contribution is 2.26. The van der Waals surface area contributed by atoms with E-state index < -0.39 is 0 Å². The lowest BCUT2D eigenvalue weighted by Crippen LogP contribution is -2.44. The van der Waals surface area contributed by atoms with Gasteiger partial charge in [0.1, 0.15) is 11.5 Å². The van der Waals surface area contributed by atoms with Gasteiger partial charge in [-0.05, 0) is 51.1 Å². The van der Waals surface area contributed by atoms with Crippen LogP contribution in [0.5, 0.6) is 0 Å². The number of aryl methyl sites for hydroxylation is 1. The third-order valence-electron chi connectivity index (χ3n) is 5.55. The van der Waals surface area contributed by atoms with Crippen LogP contribution in [0.3, 0.4) is 0 Å². The van der Waals surface area contributed by atoms with E-state index >= 15 is 0 Å². The molecule has 1 aromatic heterocycles. The monoisotopic (exact) mass is 428 g/mol. The Hall–Kier alpha value is -2.70. The number of likely N-dealkylation sites (tertiary alicyclic amines) is 1. The standard InChI is InChI=1S/C23H25FN4O.ClH/c1-16-3-5-17(6-4-16)22-21(23(29)27-13-11-19(25-2)12-14-27)15-28(26-22)20-9-7-18(24)8-10-20;/h3-10,15,19,25H,11-14H2,1-2H3;1H. The van der Waals surface area contributed by atoms with Crippen molar-refractivity contribution >= 4 is 18.3 Å². The van der Waals surface area contributed by atoms with Crippen LogP contribution in [0.2, 0.25) is 0 Å². The molecule has 1 amide bonds. The quantitative estimate of drug-likeness (QED) is 0.676. The van der Waals surface area contributed by atoms with Gasteiger partial charge in [-0.2, -0.15) is 5.10 Å². The van der Waals surface area contributed by atoms with Crippen molar-refractivity contribution in [1.29, 1.82) is 0 Å². The predicted molar refractivity (Wildman–Crippen MR) is 119 cm³/mol. The molecular weight excluding hydrogens is 403 g/mol. The van der Waals surface area contributed by atoms with E-state index in [9.17, 15) is 9.18 Å². The van der Waals surface area contributed by atoms with Crippen molar-refractivity contribution in [2.24, 2.45) is 0 Å². The van der Waals surface area contributed by atoms with Crippen molar-refractivity contribution in [3.63, 3.8) is 0 Å². The Morgan fingerprint density at radius 1 is 1.07 bits per heavy atom. The fourth-order valence-electron chi connectivity index (χ4n) is 3.72. The Labute approximate surface area is 182 Å². The molecule has 0 radical (unpaired) electrons. The normalized spacial score (nSPS) is 14.4. The van der Waals surface area contributed by atoms with Gasteiger partial charge in [0.25, 0.3) is 5.91 Å². The second kappa shape index (κ2) is 9.41. The molecular formula is C23H26ClFN4O. The number of nitrogens with one attached hydrogen (secondary N) is 1. The van der Waals surface area contributed by atoms with Crippen LogP contribution in [-0.4, -0.2) is 46.8 Å². The molecule has 0 aliphatic carbocycles. The van der Waals surface area contributed by atoms with Gasteiger partial charge < -0.3 is 10.2 Å². The van der Waals surface area contributed by atoms with Gasteiger partial charge in [-0.15, -0.1) is 12.4 Å². The molecule has 1 N–H and O–H groups in total. The Balaban J connectivity index is 0.00000256. The van der Waals surface area contributed by atoms with Crippen molar-refractivity contribution in [2.75, 3.05) is 20.1 Å². The average Bonchev–Trinajstić information content (AvgIpc) is 3.19. The Morgan fingerprint density at radius 3 is 2.30 bits per heavy atom. The largest absolute Gasteiger partial charge is 0.338 e. The summed E-state index contributed by atoms with van der Waals surface area (Å²) >= 11 is 0. The lowest BCUT2D eigenvalue weighted by Gasteiger charge is -2.31. The van der Waals surface area contributed by atoms with E-state index in [1.165, 1.54) is 12.1 Å². The fraction of sp³-hybridized carbons (Fsp3) is 0.304. The maximum Gasteiger partial charge on any atom is 0.257 e. The van der Waals surface area contributed by atoms with Crippen molar-refractivity contribution in [2.45, 2.75) is 25.8 Å². The summed E-state index contributed by atoms with van der Waals surface area (Å²) in [7, 11) is 1.96. The summed E-state index contributed by atoms with van der Waals surface area (Å²) < 4.78 is 15.0. The summed E-state index contributed by atoms with van der Waals surface area (Å²) in [5.41, 5.74) is 3.97. The molecule has 1 aliphatic rings. The second-order valence-corrected chi connectivity index (χ2v) is 7.53. The van der Waals surface area contributed by atoms with Gasteiger partial charge in [-0.3, -0.25) is 4.79 Å². The summed E-state index contributed by atoms with van der Waals surface area (Å²) in [6, 6.07) is 14.6. The Bertz CT molecular complexity index is 993. The van der Waals surface area contributed by atoms with Crippen LogP contribution in [-0.2, 0) is 0 Å². The number of piperidine rings is 1. The minimum atomic E-state index is -0.302. The van der Waals surface area contributed by atoms with Gasteiger partial charge in [0.05, 0.1) is 11.3 Å². The van der Waals surface area contributed by atoms with Crippen molar-refractivity contribution in [3.05, 3.63) is 71.7 Å². The van der Waals surface area contributed by atoms with Crippen LogP contribution in [0.25, 0.3) is 16.9 Å². The molecule has 2 heterocycles. The first-order valence-corrected chi connectivity index (χ1v) is 9.94. The maximum absolute atomic E-state index is 13.3. The number of halogens is 2. The lowest BCUT2D eigenvalue weighted by molar-refractivity contribution is 0.0708. The highest BCUT2D eigenvalue weighted by Gasteiger charge is 2.27. The number of hydrogen-bond donors (Lipinski definition) is 1. The zero-order chi connectivity index (χ0) is 20.4. The highest BCUT2D eigenvalue weighted by atomic mass is 35.5. The van der Waals surface area contributed by atoms with Gasteiger partial charge in [0.2, 0.25) is 0 Å². The Morgan fingerprint density at radius 2 is 1.70 bits per heavy atom. The smallest absolute Gasteiger partial charge is 0.257 e. The first kappa shape index (κ1) is 22.0. The molecule has 0 saturated carbocycles. The number of nitrogens with zero attached hydrogens (tertiary/aromatic N) is 3. The third kappa shape index (κ3) is 4.55. The van der Waals surface area contributed by atoms with E-state index in [1.807, 2.05) is 43.1 Å². The maximum atomic E-state index is 13.3. The summed E-state index contributed by atoms with van der Waals surface area (Å²) in [6.07, 6.45) is 3.64. The van der Waals surface area contributed by atoms with E-state index in [4.69, 9.17) is 5.10 Å². The third-order valence-corrected chi connectivity index (χ3v) is 5.55. The number of carbonyl (C=O) groups is 1. The van der Waals surface area contributed by atoms with Crippen molar-refractivity contribution in [1.82, 2.24) is 20.0 Å². The molecule has 1 aliphatic heterocycles. The summed E-state index contributed by atoms with van der Waals surface area (Å²) in [6.45, 7) is 3.47. The molecule has 158 valence electrons. The number of rotatable bonds is 4. The van der Waals surface area contributed by atoms with E-state index in [-0.39, 0.29) is 24.1 Å². The van der Waals surface area contributed by atoms with Gasteiger partial charge in [0, 0.05) is 30.9 Å². The lowest BCUT2D eigenvalue weighted by atomic mass is 10.0. The van der Waals surface area contributed by atoms with Crippen LogP contribution in [0, 0.1) is 12.7 Å². The molecule has 3 aromatic rings. The molecule has 1 fully saturated rings. The number of hydrogen-bond acceptors (Lipinski definition) is 3. The van der Waals surface area contributed by atoms with Gasteiger partial charge in [0.15, 0.2) is 0 Å². The number of amides is 1. The molecule has 0 atom stereocenters. The molecule has 4 rings (SSSR count). The minimum absolute atomic E-state index is 0. The summed E-state index contributed by atoms with van der Waals surface area (Å²) in [4.78, 5) is 15.2. The average molecular weight is 429 g/mol. The van der Waals surface area contributed by atoms with E-state index in [2.05, 4.69) is 5.32 Å². The van der Waals surface area contributed by atoms with E-state index in [0.29, 0.717) is 23.0 Å². The first-order chi connectivity index (χ1) is 14.0. The van der Waals surface area contributed by atoms with Crippen LogP contribution in [0.15, 0.2) is 54.7 Å². The number of benzene rings is 2. The molecule has 1 saturated heterocycles. The molecule has 0 unspecified atom stereocenters. The number of aromatic nitrogens is 2.